The summed E-state index contributed by atoms with van der Waals surface area (Å²) < 4.78 is 13.8. The van der Waals surface area contributed by atoms with Gasteiger partial charge in [0.1, 0.15) is 5.82 Å². The van der Waals surface area contributed by atoms with Gasteiger partial charge in [-0.15, -0.1) is 0 Å². The van der Waals surface area contributed by atoms with Gasteiger partial charge in [0, 0.05) is 10.2 Å². The lowest BCUT2D eigenvalue weighted by atomic mass is 10.1. The molecule has 0 saturated carbocycles. The molecule has 0 aliphatic heterocycles. The summed E-state index contributed by atoms with van der Waals surface area (Å²) >= 11 is 3.31. The molecule has 2 nitrogen and oxygen atoms in total. The fourth-order valence-corrected chi connectivity index (χ4v) is 2.03. The molecule has 0 saturated heterocycles. The Hall–Kier alpha value is -1.68. The molecule has 92 valence electrons. The molecule has 0 aromatic heterocycles. The van der Waals surface area contributed by atoms with Crippen LogP contribution in [0.15, 0.2) is 46.9 Å². The number of anilines is 1. The number of rotatable bonds is 2. The van der Waals surface area contributed by atoms with Crippen LogP contribution < -0.4 is 5.32 Å². The van der Waals surface area contributed by atoms with Crippen LogP contribution in [0.4, 0.5) is 10.1 Å². The van der Waals surface area contributed by atoms with Gasteiger partial charge in [-0.3, -0.25) is 4.79 Å². The Morgan fingerprint density at radius 1 is 1.22 bits per heavy atom. The van der Waals surface area contributed by atoms with E-state index in [1.807, 2.05) is 13.0 Å². The zero-order valence-electron chi connectivity index (χ0n) is 9.71. The zero-order chi connectivity index (χ0) is 13.1. The average Bonchev–Trinajstić information content (AvgIpc) is 2.34. The maximum absolute atomic E-state index is 13.1. The SMILES string of the molecule is Cc1ccc(F)cc1NC(=O)c1ccccc1Br. The molecule has 0 atom stereocenters. The molecule has 0 aliphatic rings. The first-order chi connectivity index (χ1) is 8.58. The van der Waals surface area contributed by atoms with Gasteiger partial charge in [0.2, 0.25) is 0 Å². The Balaban J connectivity index is 2.27. The summed E-state index contributed by atoms with van der Waals surface area (Å²) in [5, 5.41) is 2.70. The maximum atomic E-state index is 13.1. The van der Waals surface area contributed by atoms with Crippen LogP contribution >= 0.6 is 15.9 Å². The van der Waals surface area contributed by atoms with Crippen LogP contribution in [0.2, 0.25) is 0 Å². The molecule has 0 fully saturated rings. The highest BCUT2D eigenvalue weighted by Crippen LogP contribution is 2.20. The fourth-order valence-electron chi connectivity index (χ4n) is 1.56. The third-order valence-corrected chi connectivity index (χ3v) is 3.26. The van der Waals surface area contributed by atoms with Crippen LogP contribution in [0, 0.1) is 12.7 Å². The number of carbonyl (C=O) groups is 1. The molecule has 0 radical (unpaired) electrons. The quantitative estimate of drug-likeness (QED) is 0.887. The van der Waals surface area contributed by atoms with Crippen molar-refractivity contribution in [3.8, 4) is 0 Å². The summed E-state index contributed by atoms with van der Waals surface area (Å²) in [6.07, 6.45) is 0. The number of nitrogens with one attached hydrogen (secondary N) is 1. The smallest absolute Gasteiger partial charge is 0.256 e. The Labute approximate surface area is 113 Å². The molecule has 18 heavy (non-hydrogen) atoms. The summed E-state index contributed by atoms with van der Waals surface area (Å²) in [5.41, 5.74) is 1.81. The minimum atomic E-state index is -0.372. The highest BCUT2D eigenvalue weighted by molar-refractivity contribution is 9.10. The number of benzene rings is 2. The van der Waals surface area contributed by atoms with Crippen LogP contribution in [-0.4, -0.2) is 5.91 Å². The number of amides is 1. The van der Waals surface area contributed by atoms with Gasteiger partial charge in [-0.2, -0.15) is 0 Å². The molecule has 2 rings (SSSR count). The minimum Gasteiger partial charge on any atom is -0.322 e. The van der Waals surface area contributed by atoms with E-state index in [2.05, 4.69) is 21.2 Å². The lowest BCUT2D eigenvalue weighted by Crippen LogP contribution is -2.13. The van der Waals surface area contributed by atoms with E-state index in [0.717, 1.165) is 5.56 Å². The predicted octanol–water partition coefficient (Wildman–Crippen LogP) is 4.15. The zero-order valence-corrected chi connectivity index (χ0v) is 11.3. The predicted molar refractivity (Wildman–Crippen MR) is 73.2 cm³/mol. The van der Waals surface area contributed by atoms with Crippen LogP contribution in [0.5, 0.6) is 0 Å². The summed E-state index contributed by atoms with van der Waals surface area (Å²) in [5.74, 6) is -0.640. The van der Waals surface area contributed by atoms with Crippen molar-refractivity contribution in [2.24, 2.45) is 0 Å². The molecule has 2 aromatic rings. The van der Waals surface area contributed by atoms with Gasteiger partial charge in [0.25, 0.3) is 5.91 Å². The Morgan fingerprint density at radius 3 is 2.67 bits per heavy atom. The van der Waals surface area contributed by atoms with Gasteiger partial charge >= 0.3 is 0 Å². The number of hydrogen-bond acceptors (Lipinski definition) is 1. The number of carbonyl (C=O) groups excluding carboxylic acids is 1. The Bertz CT molecular complexity index is 598. The van der Waals surface area contributed by atoms with E-state index in [1.54, 1.807) is 24.3 Å². The van der Waals surface area contributed by atoms with Crippen molar-refractivity contribution in [3.05, 3.63) is 63.9 Å². The molecule has 0 aliphatic carbocycles. The van der Waals surface area contributed by atoms with Gasteiger partial charge in [-0.1, -0.05) is 18.2 Å². The standard InChI is InChI=1S/C14H11BrFNO/c1-9-6-7-10(16)8-13(9)17-14(18)11-4-2-3-5-12(11)15/h2-8H,1H3,(H,17,18). The number of halogens is 2. The van der Waals surface area contributed by atoms with Crippen molar-refractivity contribution in [1.82, 2.24) is 0 Å². The van der Waals surface area contributed by atoms with Crippen molar-refractivity contribution < 1.29 is 9.18 Å². The van der Waals surface area contributed by atoms with Crippen molar-refractivity contribution in [2.75, 3.05) is 5.32 Å². The lowest BCUT2D eigenvalue weighted by Gasteiger charge is -2.09. The van der Waals surface area contributed by atoms with E-state index in [1.165, 1.54) is 12.1 Å². The first-order valence-corrected chi connectivity index (χ1v) is 6.19. The molecule has 0 spiro atoms. The third kappa shape index (κ3) is 2.76. The Kier molecular flexibility index (Phi) is 3.77. The van der Waals surface area contributed by atoms with Crippen molar-refractivity contribution in [2.45, 2.75) is 6.92 Å². The first-order valence-electron chi connectivity index (χ1n) is 5.40. The molecule has 0 bridgehead atoms. The molecule has 0 unspecified atom stereocenters. The molecule has 2 aromatic carbocycles. The molecule has 1 N–H and O–H groups in total. The topological polar surface area (TPSA) is 29.1 Å². The van der Waals surface area contributed by atoms with Crippen molar-refractivity contribution in [3.63, 3.8) is 0 Å². The monoisotopic (exact) mass is 307 g/mol. The average molecular weight is 308 g/mol. The summed E-state index contributed by atoms with van der Waals surface area (Å²) in [7, 11) is 0. The van der Waals surface area contributed by atoms with E-state index in [0.29, 0.717) is 15.7 Å². The molecular weight excluding hydrogens is 297 g/mol. The van der Waals surface area contributed by atoms with Crippen LogP contribution in [0.3, 0.4) is 0 Å². The van der Waals surface area contributed by atoms with Crippen molar-refractivity contribution >= 4 is 27.5 Å². The van der Waals surface area contributed by atoms with Gasteiger partial charge in [-0.25, -0.2) is 4.39 Å². The minimum absolute atomic E-state index is 0.267. The van der Waals surface area contributed by atoms with Crippen molar-refractivity contribution in [1.29, 1.82) is 0 Å². The van der Waals surface area contributed by atoms with Gasteiger partial charge < -0.3 is 5.32 Å². The second-order valence-electron chi connectivity index (χ2n) is 3.89. The van der Waals surface area contributed by atoms with Gasteiger partial charge in [-0.05, 0) is 52.7 Å². The van der Waals surface area contributed by atoms with E-state index < -0.39 is 0 Å². The molecule has 1 amide bonds. The first kappa shape index (κ1) is 12.8. The molecular formula is C14H11BrFNO. The van der Waals surface area contributed by atoms with Gasteiger partial charge in [0.15, 0.2) is 0 Å². The largest absolute Gasteiger partial charge is 0.322 e. The van der Waals surface area contributed by atoms with E-state index >= 15 is 0 Å². The highest BCUT2D eigenvalue weighted by atomic mass is 79.9. The molecule has 0 heterocycles. The van der Waals surface area contributed by atoms with E-state index in [-0.39, 0.29) is 11.7 Å². The van der Waals surface area contributed by atoms with Crippen LogP contribution in [0.1, 0.15) is 15.9 Å². The maximum Gasteiger partial charge on any atom is 0.256 e. The van der Waals surface area contributed by atoms with Crippen LogP contribution in [-0.2, 0) is 0 Å². The summed E-state index contributed by atoms with van der Waals surface area (Å²) in [6.45, 7) is 1.81. The van der Waals surface area contributed by atoms with E-state index in [9.17, 15) is 9.18 Å². The highest BCUT2D eigenvalue weighted by Gasteiger charge is 2.10. The van der Waals surface area contributed by atoms with Gasteiger partial charge in [0.05, 0.1) is 5.56 Å². The number of hydrogen-bond donors (Lipinski definition) is 1. The van der Waals surface area contributed by atoms with E-state index in [4.69, 9.17) is 0 Å². The molecule has 4 heteroatoms. The second-order valence-corrected chi connectivity index (χ2v) is 4.75. The number of aryl methyl sites for hydroxylation is 1. The van der Waals surface area contributed by atoms with Crippen LogP contribution in [0.25, 0.3) is 0 Å². The second kappa shape index (κ2) is 5.31. The Morgan fingerprint density at radius 2 is 1.94 bits per heavy atom. The summed E-state index contributed by atoms with van der Waals surface area (Å²) in [6, 6.07) is 11.4. The lowest BCUT2D eigenvalue weighted by molar-refractivity contribution is 0.102. The third-order valence-electron chi connectivity index (χ3n) is 2.57. The fraction of sp³-hybridized carbons (Fsp3) is 0.0714. The summed E-state index contributed by atoms with van der Waals surface area (Å²) in [4.78, 5) is 12.0. The normalized spacial score (nSPS) is 10.2.